The fraction of sp³-hybridized carbons (Fsp3) is 0.739. The average molecular weight is 429 g/mol. The number of rotatable bonds is 6. The van der Waals surface area contributed by atoms with Gasteiger partial charge in [0, 0.05) is 38.1 Å². The van der Waals surface area contributed by atoms with E-state index >= 15 is 0 Å². The third-order valence-corrected chi connectivity index (χ3v) is 6.13. The molecule has 30 heavy (non-hydrogen) atoms. The molecule has 2 atom stereocenters. The van der Waals surface area contributed by atoms with Crippen LogP contribution in [0.4, 0.5) is 13.2 Å². The lowest BCUT2D eigenvalue weighted by Crippen LogP contribution is -2.55. The second-order valence-corrected chi connectivity index (χ2v) is 9.89. The number of benzene rings is 1. The van der Waals surface area contributed by atoms with Gasteiger partial charge in [-0.2, -0.15) is 13.2 Å². The van der Waals surface area contributed by atoms with Crippen molar-refractivity contribution in [3.63, 3.8) is 0 Å². The molecular formula is C23H35F3N2O2. The van der Waals surface area contributed by atoms with E-state index in [1.54, 1.807) is 7.11 Å². The minimum atomic E-state index is -4.15. The summed E-state index contributed by atoms with van der Waals surface area (Å²) in [6.07, 6.45) is -2.96. The quantitative estimate of drug-likeness (QED) is 0.591. The zero-order chi connectivity index (χ0) is 22.1. The second kappa shape index (κ2) is 8.95. The summed E-state index contributed by atoms with van der Waals surface area (Å²) in [5, 5.41) is 0. The molecule has 2 heterocycles. The number of piperazine rings is 1. The van der Waals surface area contributed by atoms with Crippen molar-refractivity contribution in [1.82, 2.24) is 9.80 Å². The van der Waals surface area contributed by atoms with E-state index in [9.17, 15) is 13.2 Å². The maximum atomic E-state index is 12.4. The number of methoxy groups -OCH3 is 1. The number of nitrogens with zero attached hydrogens (tertiary/aromatic N) is 2. The molecule has 0 bridgehead atoms. The van der Waals surface area contributed by atoms with E-state index < -0.39 is 12.6 Å². The molecule has 0 aliphatic carbocycles. The summed E-state index contributed by atoms with van der Waals surface area (Å²) in [5.41, 5.74) is 2.76. The molecule has 0 radical (unpaired) electrons. The standard InChI is InChI=1S/C23H35F3N2O2/c1-22(2,3)13-17-14-28-9-7-16-11-21(30-10-6-8-23(24,25)26)20(29-5)12-18(16)19(28)15-27(17)4/h11-12,17,19H,6-10,13-15H2,1-5H3/t17-,19?/m1/s1. The molecule has 1 aromatic carbocycles. The zero-order valence-electron chi connectivity index (χ0n) is 18.8. The molecular weight excluding hydrogens is 393 g/mol. The van der Waals surface area contributed by atoms with Crippen molar-refractivity contribution in [2.45, 2.75) is 64.7 Å². The van der Waals surface area contributed by atoms with Gasteiger partial charge >= 0.3 is 6.18 Å². The summed E-state index contributed by atoms with van der Waals surface area (Å²) in [6, 6.07) is 4.85. The van der Waals surface area contributed by atoms with Gasteiger partial charge in [0.15, 0.2) is 11.5 Å². The number of hydrogen-bond acceptors (Lipinski definition) is 4. The second-order valence-electron chi connectivity index (χ2n) is 9.89. The number of fused-ring (bicyclic) bond motifs is 3. The molecule has 1 fully saturated rings. The molecule has 2 aliphatic rings. The summed E-state index contributed by atoms with van der Waals surface area (Å²) in [5.74, 6) is 1.14. The first-order valence-electron chi connectivity index (χ1n) is 10.8. The Morgan fingerprint density at radius 2 is 1.83 bits per heavy atom. The van der Waals surface area contributed by atoms with Crippen LogP contribution in [0.2, 0.25) is 0 Å². The maximum absolute atomic E-state index is 12.4. The van der Waals surface area contributed by atoms with Crippen molar-refractivity contribution < 1.29 is 22.6 Å². The Kier molecular flexibility index (Phi) is 6.92. The largest absolute Gasteiger partial charge is 0.493 e. The number of alkyl halides is 3. The minimum absolute atomic E-state index is 0.0292. The Balaban J connectivity index is 1.72. The highest BCUT2D eigenvalue weighted by atomic mass is 19.4. The first kappa shape index (κ1) is 23.2. The van der Waals surface area contributed by atoms with E-state index in [1.807, 2.05) is 12.1 Å². The maximum Gasteiger partial charge on any atom is 0.389 e. The third kappa shape index (κ3) is 5.82. The van der Waals surface area contributed by atoms with E-state index in [0.29, 0.717) is 29.0 Å². The summed E-state index contributed by atoms with van der Waals surface area (Å²) in [4.78, 5) is 5.04. The average Bonchev–Trinajstić information content (AvgIpc) is 2.63. The van der Waals surface area contributed by atoms with Gasteiger partial charge in [0.2, 0.25) is 0 Å². The predicted octanol–water partition coefficient (Wildman–Crippen LogP) is 5.07. The molecule has 1 saturated heterocycles. The van der Waals surface area contributed by atoms with E-state index in [-0.39, 0.29) is 13.0 Å². The van der Waals surface area contributed by atoms with Crippen LogP contribution >= 0.6 is 0 Å². The Bertz CT molecular complexity index is 730. The van der Waals surface area contributed by atoms with Gasteiger partial charge in [-0.3, -0.25) is 4.90 Å². The van der Waals surface area contributed by atoms with Gasteiger partial charge in [-0.15, -0.1) is 0 Å². The van der Waals surface area contributed by atoms with Crippen molar-refractivity contribution in [3.8, 4) is 11.5 Å². The number of hydrogen-bond donors (Lipinski definition) is 0. The van der Waals surface area contributed by atoms with Crippen LogP contribution in [0.3, 0.4) is 0 Å². The minimum Gasteiger partial charge on any atom is -0.493 e. The van der Waals surface area contributed by atoms with Gasteiger partial charge in [0.05, 0.1) is 13.7 Å². The molecule has 0 N–H and O–H groups in total. The molecule has 1 unspecified atom stereocenters. The van der Waals surface area contributed by atoms with Crippen LogP contribution in [-0.4, -0.2) is 62.4 Å². The topological polar surface area (TPSA) is 24.9 Å². The lowest BCUT2D eigenvalue weighted by atomic mass is 9.84. The van der Waals surface area contributed by atoms with Crippen molar-refractivity contribution in [3.05, 3.63) is 23.3 Å². The highest BCUT2D eigenvalue weighted by molar-refractivity contribution is 5.49. The highest BCUT2D eigenvalue weighted by Crippen LogP contribution is 2.41. The molecule has 0 saturated carbocycles. The highest BCUT2D eigenvalue weighted by Gasteiger charge is 2.38. The van der Waals surface area contributed by atoms with E-state index in [1.165, 1.54) is 11.1 Å². The van der Waals surface area contributed by atoms with Crippen LogP contribution in [0, 0.1) is 5.41 Å². The Labute approximate surface area is 178 Å². The van der Waals surface area contributed by atoms with Crippen molar-refractivity contribution in [2.75, 3.05) is 40.4 Å². The van der Waals surface area contributed by atoms with Gasteiger partial charge in [-0.25, -0.2) is 0 Å². The molecule has 0 spiro atoms. The summed E-state index contributed by atoms with van der Waals surface area (Å²) in [7, 11) is 3.79. The van der Waals surface area contributed by atoms with E-state index in [0.717, 1.165) is 32.5 Å². The van der Waals surface area contributed by atoms with Gasteiger partial charge in [-0.1, -0.05) is 20.8 Å². The summed E-state index contributed by atoms with van der Waals surface area (Å²) >= 11 is 0. The molecule has 1 aromatic rings. The number of likely N-dealkylation sites (N-methyl/N-ethyl adjacent to an activating group) is 1. The van der Waals surface area contributed by atoms with Gasteiger partial charge < -0.3 is 14.4 Å². The fourth-order valence-electron chi connectivity index (χ4n) is 4.68. The zero-order valence-corrected chi connectivity index (χ0v) is 18.8. The normalized spacial score (nSPS) is 23.1. The van der Waals surface area contributed by atoms with Gasteiger partial charge in [0.25, 0.3) is 0 Å². The van der Waals surface area contributed by atoms with Crippen molar-refractivity contribution in [1.29, 1.82) is 0 Å². The first-order valence-corrected chi connectivity index (χ1v) is 10.8. The molecule has 0 amide bonds. The van der Waals surface area contributed by atoms with Crippen molar-refractivity contribution in [2.24, 2.45) is 5.41 Å². The van der Waals surface area contributed by atoms with Crippen LogP contribution < -0.4 is 9.47 Å². The summed E-state index contributed by atoms with van der Waals surface area (Å²) in [6.45, 7) is 9.91. The molecule has 4 nitrogen and oxygen atoms in total. The summed E-state index contributed by atoms with van der Waals surface area (Å²) < 4.78 is 48.3. The third-order valence-electron chi connectivity index (χ3n) is 6.13. The Morgan fingerprint density at radius 3 is 2.47 bits per heavy atom. The van der Waals surface area contributed by atoms with Crippen LogP contribution in [0.1, 0.15) is 57.2 Å². The molecule has 7 heteroatoms. The van der Waals surface area contributed by atoms with E-state index in [2.05, 4.69) is 37.6 Å². The van der Waals surface area contributed by atoms with Crippen LogP contribution in [0.15, 0.2) is 12.1 Å². The Hall–Kier alpha value is -1.47. The number of ether oxygens (including phenoxy) is 2. The molecule has 0 aromatic heterocycles. The van der Waals surface area contributed by atoms with Crippen LogP contribution in [-0.2, 0) is 6.42 Å². The lowest BCUT2D eigenvalue weighted by Gasteiger charge is -2.49. The van der Waals surface area contributed by atoms with Crippen LogP contribution in [0.25, 0.3) is 0 Å². The SMILES string of the molecule is COc1cc2c(cc1OCCCC(F)(F)F)CCN1C[C@@H](CC(C)(C)C)N(C)CC21. The van der Waals surface area contributed by atoms with Crippen molar-refractivity contribution >= 4 is 0 Å². The molecule has 170 valence electrons. The fourth-order valence-corrected chi connectivity index (χ4v) is 4.68. The van der Waals surface area contributed by atoms with Gasteiger partial charge in [0.1, 0.15) is 0 Å². The molecule has 2 aliphatic heterocycles. The number of halogens is 3. The van der Waals surface area contributed by atoms with Crippen LogP contribution in [0.5, 0.6) is 11.5 Å². The monoisotopic (exact) mass is 428 g/mol. The first-order chi connectivity index (χ1) is 14.0. The smallest absolute Gasteiger partial charge is 0.389 e. The predicted molar refractivity (Wildman–Crippen MR) is 112 cm³/mol. The van der Waals surface area contributed by atoms with E-state index in [4.69, 9.17) is 9.47 Å². The van der Waals surface area contributed by atoms with Gasteiger partial charge in [-0.05, 0) is 55.0 Å². The molecule has 3 rings (SSSR count). The lowest BCUT2D eigenvalue weighted by molar-refractivity contribution is -0.136. The Morgan fingerprint density at radius 1 is 1.10 bits per heavy atom.